The Hall–Kier alpha value is -8.81. The maximum absolute atomic E-state index is 15.2. The van der Waals surface area contributed by atoms with Crippen LogP contribution in [0.1, 0.15) is 29.5 Å². The highest BCUT2D eigenvalue weighted by molar-refractivity contribution is 5.98. The topological polar surface area (TPSA) is 453 Å². The highest BCUT2D eigenvalue weighted by atomic mass is 16.6. The van der Waals surface area contributed by atoms with Gasteiger partial charge in [-0.25, -0.2) is 4.98 Å². The van der Waals surface area contributed by atoms with E-state index in [1.807, 2.05) is 31.2 Å². The van der Waals surface area contributed by atoms with E-state index in [0.29, 0.717) is 39.3 Å². The molecule has 15 atom stereocenters. The fourth-order valence-corrected chi connectivity index (χ4v) is 10.4. The van der Waals surface area contributed by atoms with Crippen LogP contribution in [0.3, 0.4) is 0 Å². The van der Waals surface area contributed by atoms with E-state index in [-0.39, 0.29) is 24.8 Å². The summed E-state index contributed by atoms with van der Waals surface area (Å²) in [6, 6.07) is 15.7. The van der Waals surface area contributed by atoms with Gasteiger partial charge in [0.15, 0.2) is 23.7 Å². The van der Waals surface area contributed by atoms with Gasteiger partial charge < -0.3 is 103 Å². The highest BCUT2D eigenvalue weighted by Crippen LogP contribution is 2.32. The Morgan fingerprint density at radius 2 is 1.38 bits per heavy atom. The number of guanidine groups is 2. The molecule has 0 radical (unpaired) electrons. The van der Waals surface area contributed by atoms with E-state index in [9.17, 15) is 54.9 Å². The number of fused-ring (bicyclic) bond motifs is 1. The van der Waals surface area contributed by atoms with Crippen molar-refractivity contribution in [3.8, 4) is 23.0 Å². The number of carbonyl (C=O) groups excluding carboxylic acids is 6. The van der Waals surface area contributed by atoms with Gasteiger partial charge in [-0.15, -0.1) is 0 Å². The van der Waals surface area contributed by atoms with E-state index in [1.165, 1.54) is 0 Å². The van der Waals surface area contributed by atoms with Crippen LogP contribution in [-0.4, -0.2) is 211 Å². The van der Waals surface area contributed by atoms with Crippen molar-refractivity contribution >= 4 is 58.5 Å². The molecule has 5 unspecified atom stereocenters. The number of hydrogen-bond donors (Lipinski definition) is 16. The molecule has 5 aromatic rings. The van der Waals surface area contributed by atoms with E-state index in [1.54, 1.807) is 79.7 Å². The Morgan fingerprint density at radius 3 is 2.08 bits per heavy atom. The number of carbonyl (C=O) groups is 6. The first kappa shape index (κ1) is 60.8. The standard InChI is InChI=1S/C56H67N13O16/c1-25-11-14-30(15-12-25)83-31-10-6-9-29(19-31)53-64-32-17-27(13-16-37(32)84-53)18-33-49(79)67-41(43(73)34-20-60-55(57)65-34)52(82)68-42(44(74)36-21-61-56(58)69(36)54-47(77)46(76)45(75)38(24-71)85-54)51(81)63-35(23-70)48(78)59-22-39(72)66-40(50(80)62-33)26(2)28-7-4-3-5-8-28/h3-17,19,26,33-36,38,40-47,54,70-71,73-77H,18,20-24H2,1-2H3,(H2,58,61)(H,59,78)(H,62,80)(H,63,81)(H,66,72)(H,67,79)(H,68,82)(H3,57,60,65)/t26?,33-,34?,35+,36?,38-,40+,41+,42-,43?,44?,45-,46+,47+,54+/m1/s1. The Bertz CT molecular complexity index is 3310. The molecule has 18 N–H and O–H groups in total. The summed E-state index contributed by atoms with van der Waals surface area (Å²) in [6.45, 7) is 0.0181. The number of nitrogens with one attached hydrogen (secondary N) is 7. The van der Waals surface area contributed by atoms with Crippen molar-refractivity contribution in [2.75, 3.05) is 32.8 Å². The largest absolute Gasteiger partial charge is 0.457 e. The minimum atomic E-state index is -2.28. The van der Waals surface area contributed by atoms with E-state index >= 15 is 9.59 Å². The number of aliphatic hydroxyl groups is 7. The lowest BCUT2D eigenvalue weighted by atomic mass is 9.92. The van der Waals surface area contributed by atoms with Crippen molar-refractivity contribution in [1.82, 2.24) is 47.1 Å². The number of aryl methyl sites for hydroxylation is 1. The molecule has 5 heterocycles. The predicted molar refractivity (Wildman–Crippen MR) is 300 cm³/mol. The van der Waals surface area contributed by atoms with Crippen LogP contribution in [0.2, 0.25) is 0 Å². The first-order chi connectivity index (χ1) is 40.7. The molecule has 0 spiro atoms. The molecule has 0 saturated carbocycles. The molecule has 4 aliphatic rings. The van der Waals surface area contributed by atoms with Crippen LogP contribution in [0.25, 0.3) is 22.6 Å². The predicted octanol–water partition coefficient (Wildman–Crippen LogP) is -4.71. The minimum Gasteiger partial charge on any atom is -0.457 e. The Kier molecular flexibility index (Phi) is 18.9. The van der Waals surface area contributed by atoms with Gasteiger partial charge in [0.1, 0.15) is 83.8 Å². The zero-order valence-electron chi connectivity index (χ0n) is 45.9. The van der Waals surface area contributed by atoms with Gasteiger partial charge in [-0.3, -0.25) is 38.8 Å². The van der Waals surface area contributed by atoms with Crippen molar-refractivity contribution < 1.29 is 78.4 Å². The molecule has 1 aromatic heterocycles. The van der Waals surface area contributed by atoms with Gasteiger partial charge in [-0.2, -0.15) is 0 Å². The van der Waals surface area contributed by atoms with Crippen molar-refractivity contribution in [2.24, 2.45) is 21.5 Å². The summed E-state index contributed by atoms with van der Waals surface area (Å²) in [7, 11) is 0. The number of aliphatic hydroxyl groups excluding tert-OH is 7. The summed E-state index contributed by atoms with van der Waals surface area (Å²) in [4.78, 5) is 101. The summed E-state index contributed by atoms with van der Waals surface area (Å²) in [5, 5.41) is 94.7. The third-order valence-corrected chi connectivity index (χ3v) is 15.2. The molecular weight excluding hydrogens is 1110 g/mol. The number of benzene rings is 4. The molecule has 4 aromatic carbocycles. The molecule has 6 amide bonds. The summed E-state index contributed by atoms with van der Waals surface area (Å²) in [6.07, 6.45) is -13.6. The maximum Gasteiger partial charge on any atom is 0.246 e. The van der Waals surface area contributed by atoms with Crippen LogP contribution in [0.5, 0.6) is 11.5 Å². The van der Waals surface area contributed by atoms with Gasteiger partial charge in [-0.1, -0.05) is 67.1 Å². The van der Waals surface area contributed by atoms with Crippen molar-refractivity contribution in [3.63, 3.8) is 0 Å². The van der Waals surface area contributed by atoms with Crippen LogP contribution in [0, 0.1) is 6.92 Å². The first-order valence-corrected chi connectivity index (χ1v) is 27.2. The SMILES string of the molecule is Cc1ccc(Oc2cccc(-c3nc4cc(C[C@H]5NC(=O)[C@H](C(C)c6ccccc6)NC(=O)CNC(=O)[C@H](CO)NC(=O)[C@@H](C(O)C6CN=C(N)N6[C@H]6O[C@H](CO)[C@@H](O)[C@H](O)[C@@H]6O)NC(=O)[C@H](C(O)C6CN=C(N)N6)NC5=O)ccc4o3)c2)cc1. The number of oxazole rings is 1. The zero-order valence-corrected chi connectivity index (χ0v) is 45.9. The fourth-order valence-electron chi connectivity index (χ4n) is 10.4. The number of rotatable bonds is 14. The minimum absolute atomic E-state index is 0.149. The van der Waals surface area contributed by atoms with Gasteiger partial charge in [0.25, 0.3) is 0 Å². The van der Waals surface area contributed by atoms with E-state index in [2.05, 4.69) is 47.2 Å². The molecule has 85 heavy (non-hydrogen) atoms. The quantitative estimate of drug-likeness (QED) is 0.0497. The van der Waals surface area contributed by atoms with E-state index < -0.39 is 159 Å². The molecule has 9 rings (SSSR count). The van der Waals surface area contributed by atoms with Crippen LogP contribution in [0.15, 0.2) is 111 Å². The van der Waals surface area contributed by atoms with E-state index in [4.69, 9.17) is 30.3 Å². The number of aliphatic imine (C=N–C) groups is 2. The van der Waals surface area contributed by atoms with Gasteiger partial charge >= 0.3 is 0 Å². The fraction of sp³-hybridized carbons (Fsp3) is 0.411. The molecule has 0 bridgehead atoms. The third-order valence-electron chi connectivity index (χ3n) is 15.2. The maximum atomic E-state index is 15.2. The monoisotopic (exact) mass is 1180 g/mol. The van der Waals surface area contributed by atoms with Crippen molar-refractivity contribution in [1.29, 1.82) is 0 Å². The number of ether oxygens (including phenoxy) is 2. The number of nitrogens with zero attached hydrogens (tertiary/aromatic N) is 4. The van der Waals surface area contributed by atoms with Crippen molar-refractivity contribution in [2.45, 2.75) is 111 Å². The number of aromatic nitrogens is 1. The smallest absolute Gasteiger partial charge is 0.246 e. The summed E-state index contributed by atoms with van der Waals surface area (Å²) in [5.74, 6) is -6.93. The Morgan fingerprint density at radius 1 is 0.682 bits per heavy atom. The lowest BCUT2D eigenvalue weighted by Gasteiger charge is -2.46. The van der Waals surface area contributed by atoms with Crippen LogP contribution in [-0.2, 0) is 39.9 Å². The molecule has 29 heteroatoms. The lowest BCUT2D eigenvalue weighted by Crippen LogP contribution is -2.70. The van der Waals surface area contributed by atoms with Crippen LogP contribution >= 0.6 is 0 Å². The second kappa shape index (κ2) is 26.4. The average molecular weight is 1180 g/mol. The summed E-state index contributed by atoms with van der Waals surface area (Å²) < 4.78 is 17.9. The van der Waals surface area contributed by atoms with Gasteiger partial charge in [-0.05, 0) is 60.5 Å². The molecule has 2 saturated heterocycles. The lowest BCUT2D eigenvalue weighted by molar-refractivity contribution is -0.260. The Balaban J connectivity index is 1.08. The molecule has 29 nitrogen and oxygen atoms in total. The average Bonchev–Trinajstić information content (AvgIpc) is 3.43. The second-order valence-electron chi connectivity index (χ2n) is 21.1. The van der Waals surface area contributed by atoms with Gasteiger partial charge in [0, 0.05) is 17.9 Å². The first-order valence-electron chi connectivity index (χ1n) is 27.2. The molecule has 4 aliphatic heterocycles. The van der Waals surface area contributed by atoms with Gasteiger partial charge in [0.2, 0.25) is 41.3 Å². The molecular formula is C56H67N13O16. The van der Waals surface area contributed by atoms with Gasteiger partial charge in [0.05, 0.1) is 44.9 Å². The second-order valence-corrected chi connectivity index (χ2v) is 21.1. The summed E-state index contributed by atoms with van der Waals surface area (Å²) in [5.41, 5.74) is 15.4. The Labute approximate surface area is 484 Å². The van der Waals surface area contributed by atoms with E-state index in [0.717, 1.165) is 10.5 Å². The van der Waals surface area contributed by atoms with Crippen molar-refractivity contribution in [3.05, 3.63) is 114 Å². The van der Waals surface area contributed by atoms with Crippen LogP contribution < -0.4 is 53.4 Å². The number of nitrogens with two attached hydrogens (primary N) is 2. The molecule has 452 valence electrons. The number of amides is 6. The molecule has 2 fully saturated rings. The normalized spacial score (nSPS) is 28.4. The zero-order chi connectivity index (χ0) is 60.8. The highest BCUT2D eigenvalue weighted by Gasteiger charge is 2.52. The number of hydrogen-bond acceptors (Lipinski definition) is 23. The third kappa shape index (κ3) is 13.7. The summed E-state index contributed by atoms with van der Waals surface area (Å²) >= 11 is 0. The molecule has 0 aliphatic carbocycles. The van der Waals surface area contributed by atoms with Crippen LogP contribution in [0.4, 0.5) is 0 Å².